The van der Waals surface area contributed by atoms with Crippen LogP contribution in [-0.4, -0.2) is 29.5 Å². The molecule has 1 rings (SSSR count). The summed E-state index contributed by atoms with van der Waals surface area (Å²) in [6.45, 7) is 8.16. The lowest BCUT2D eigenvalue weighted by atomic mass is 10.0. The van der Waals surface area contributed by atoms with Gasteiger partial charge in [0.2, 0.25) is 5.91 Å². The minimum atomic E-state index is -0.306. The summed E-state index contributed by atoms with van der Waals surface area (Å²) in [4.78, 5) is 23.3. The first-order chi connectivity index (χ1) is 9.93. The van der Waals surface area contributed by atoms with Crippen LogP contribution in [0.25, 0.3) is 0 Å². The number of amides is 1. The van der Waals surface area contributed by atoms with Crippen molar-refractivity contribution in [1.82, 2.24) is 0 Å². The Balaban J connectivity index is 2.46. The third-order valence-corrected chi connectivity index (χ3v) is 4.09. The summed E-state index contributed by atoms with van der Waals surface area (Å²) in [6, 6.07) is 7.82. The molecule has 1 N–H and O–H groups in total. The van der Waals surface area contributed by atoms with Gasteiger partial charge in [-0.05, 0) is 37.5 Å². The highest BCUT2D eigenvalue weighted by molar-refractivity contribution is 8.01. The molecule has 0 saturated carbocycles. The van der Waals surface area contributed by atoms with Gasteiger partial charge in [0, 0.05) is 5.69 Å². The van der Waals surface area contributed by atoms with Crippen LogP contribution in [-0.2, 0) is 14.3 Å². The monoisotopic (exact) mass is 309 g/mol. The highest BCUT2D eigenvalue weighted by atomic mass is 32.2. The van der Waals surface area contributed by atoms with E-state index >= 15 is 0 Å². The van der Waals surface area contributed by atoms with Crippen molar-refractivity contribution in [2.75, 3.05) is 17.7 Å². The van der Waals surface area contributed by atoms with Gasteiger partial charge in [0.1, 0.15) is 0 Å². The molecule has 5 heteroatoms. The van der Waals surface area contributed by atoms with Gasteiger partial charge in [-0.2, -0.15) is 0 Å². The van der Waals surface area contributed by atoms with Crippen molar-refractivity contribution in [2.24, 2.45) is 0 Å². The molecule has 0 fully saturated rings. The number of ether oxygens (including phenoxy) is 1. The van der Waals surface area contributed by atoms with Crippen molar-refractivity contribution in [3.63, 3.8) is 0 Å². The van der Waals surface area contributed by atoms with Crippen molar-refractivity contribution in [1.29, 1.82) is 0 Å². The number of hydrogen-bond acceptors (Lipinski definition) is 4. The van der Waals surface area contributed by atoms with Gasteiger partial charge < -0.3 is 10.1 Å². The molecule has 0 heterocycles. The Hall–Kier alpha value is -1.49. The van der Waals surface area contributed by atoms with E-state index in [1.807, 2.05) is 24.3 Å². The van der Waals surface area contributed by atoms with Crippen LogP contribution in [0.4, 0.5) is 5.69 Å². The van der Waals surface area contributed by atoms with Crippen molar-refractivity contribution < 1.29 is 14.3 Å². The molecule has 0 bridgehead atoms. The Kier molecular flexibility index (Phi) is 7.29. The fourth-order valence-electron chi connectivity index (χ4n) is 1.67. The lowest BCUT2D eigenvalue weighted by molar-refractivity contribution is -0.139. The molecule has 0 aliphatic heterocycles. The van der Waals surface area contributed by atoms with Crippen LogP contribution in [0.1, 0.15) is 39.2 Å². The van der Waals surface area contributed by atoms with Gasteiger partial charge in [0.15, 0.2) is 0 Å². The number of esters is 1. The van der Waals surface area contributed by atoms with E-state index < -0.39 is 0 Å². The molecule has 4 nitrogen and oxygen atoms in total. The zero-order chi connectivity index (χ0) is 15.8. The van der Waals surface area contributed by atoms with E-state index in [1.54, 1.807) is 13.8 Å². The molecule has 21 heavy (non-hydrogen) atoms. The molecule has 0 aliphatic rings. The zero-order valence-electron chi connectivity index (χ0n) is 13.0. The maximum Gasteiger partial charge on any atom is 0.315 e. The molecular formula is C16H23NO3S. The zero-order valence-corrected chi connectivity index (χ0v) is 13.8. The summed E-state index contributed by atoms with van der Waals surface area (Å²) in [5, 5.41) is 2.55. The van der Waals surface area contributed by atoms with Gasteiger partial charge in [-0.3, -0.25) is 9.59 Å². The maximum atomic E-state index is 12.0. The van der Waals surface area contributed by atoms with Crippen LogP contribution in [0, 0.1) is 0 Å². The second-order valence-corrected chi connectivity index (χ2v) is 6.35. The molecule has 0 aliphatic carbocycles. The molecule has 1 atom stereocenters. The van der Waals surface area contributed by atoms with Gasteiger partial charge in [-0.25, -0.2) is 0 Å². The predicted octanol–water partition coefficient (Wildman–Crippen LogP) is 3.43. The number of anilines is 1. The molecule has 116 valence electrons. The predicted molar refractivity (Wildman–Crippen MR) is 87.7 cm³/mol. The third kappa shape index (κ3) is 6.21. The van der Waals surface area contributed by atoms with Crippen molar-refractivity contribution in [3.8, 4) is 0 Å². The first-order valence-corrected chi connectivity index (χ1v) is 8.17. The molecule has 0 spiro atoms. The van der Waals surface area contributed by atoms with Crippen molar-refractivity contribution >= 4 is 29.3 Å². The molecule has 0 saturated heterocycles. The number of carbonyl (C=O) groups excluding carboxylic acids is 2. The summed E-state index contributed by atoms with van der Waals surface area (Å²) in [7, 11) is 0. The third-order valence-electron chi connectivity index (χ3n) is 2.97. The van der Waals surface area contributed by atoms with Crippen LogP contribution in [0.3, 0.4) is 0 Å². The fraction of sp³-hybridized carbons (Fsp3) is 0.500. The highest BCUT2D eigenvalue weighted by Gasteiger charge is 2.15. The van der Waals surface area contributed by atoms with Crippen LogP contribution in [0.5, 0.6) is 0 Å². The number of benzene rings is 1. The first-order valence-electron chi connectivity index (χ1n) is 7.12. The van der Waals surface area contributed by atoms with Crippen LogP contribution in [0.15, 0.2) is 24.3 Å². The van der Waals surface area contributed by atoms with Crippen LogP contribution in [0.2, 0.25) is 0 Å². The van der Waals surface area contributed by atoms with Gasteiger partial charge in [0.25, 0.3) is 0 Å². The van der Waals surface area contributed by atoms with Crippen LogP contribution >= 0.6 is 11.8 Å². The van der Waals surface area contributed by atoms with E-state index in [-0.39, 0.29) is 22.9 Å². The summed E-state index contributed by atoms with van der Waals surface area (Å²) in [6.07, 6.45) is 0. The molecule has 0 aromatic heterocycles. The standard InChI is InChI=1S/C16H23NO3S/c1-5-20-15(18)10-21-12(4)16(19)17-14-8-6-13(7-9-14)11(2)3/h6-9,11-12H,5,10H2,1-4H3,(H,17,19)/t12-/m1/s1. The Morgan fingerprint density at radius 2 is 1.81 bits per heavy atom. The van der Waals surface area contributed by atoms with E-state index in [0.717, 1.165) is 5.69 Å². The van der Waals surface area contributed by atoms with Gasteiger partial charge in [-0.1, -0.05) is 26.0 Å². The fourth-order valence-corrected chi connectivity index (χ4v) is 2.35. The smallest absolute Gasteiger partial charge is 0.315 e. The summed E-state index contributed by atoms with van der Waals surface area (Å²) < 4.78 is 4.83. The second-order valence-electron chi connectivity index (χ2n) is 5.02. The number of nitrogens with one attached hydrogen (secondary N) is 1. The normalized spacial score (nSPS) is 12.0. The molecule has 1 aromatic carbocycles. The maximum absolute atomic E-state index is 12.0. The van der Waals surface area contributed by atoms with E-state index in [0.29, 0.717) is 12.5 Å². The second kappa shape index (κ2) is 8.72. The Bertz CT molecular complexity index is 471. The quantitative estimate of drug-likeness (QED) is 0.784. The molecule has 0 unspecified atom stereocenters. The summed E-state index contributed by atoms with van der Waals surface area (Å²) in [5.41, 5.74) is 2.01. The lowest BCUT2D eigenvalue weighted by Gasteiger charge is -2.12. The van der Waals surface area contributed by atoms with Gasteiger partial charge >= 0.3 is 5.97 Å². The van der Waals surface area contributed by atoms with E-state index in [1.165, 1.54) is 17.3 Å². The molecular weight excluding hydrogens is 286 g/mol. The Morgan fingerprint density at radius 3 is 2.33 bits per heavy atom. The van der Waals surface area contributed by atoms with Crippen LogP contribution < -0.4 is 5.32 Å². The van der Waals surface area contributed by atoms with E-state index in [9.17, 15) is 9.59 Å². The highest BCUT2D eigenvalue weighted by Crippen LogP contribution is 2.18. The number of thioether (sulfide) groups is 1. The van der Waals surface area contributed by atoms with Gasteiger partial charge in [0.05, 0.1) is 17.6 Å². The van der Waals surface area contributed by atoms with E-state index in [4.69, 9.17) is 4.74 Å². The molecule has 0 radical (unpaired) electrons. The van der Waals surface area contributed by atoms with Gasteiger partial charge in [-0.15, -0.1) is 11.8 Å². The Labute approximate surface area is 130 Å². The van der Waals surface area contributed by atoms with Crippen molar-refractivity contribution in [3.05, 3.63) is 29.8 Å². The average Bonchev–Trinajstić information content (AvgIpc) is 2.45. The van der Waals surface area contributed by atoms with E-state index in [2.05, 4.69) is 19.2 Å². The average molecular weight is 309 g/mol. The minimum Gasteiger partial charge on any atom is -0.465 e. The molecule has 1 aromatic rings. The Morgan fingerprint density at radius 1 is 1.19 bits per heavy atom. The number of carbonyl (C=O) groups is 2. The summed E-state index contributed by atoms with van der Waals surface area (Å²) in [5.74, 6) is 0.258. The topological polar surface area (TPSA) is 55.4 Å². The largest absolute Gasteiger partial charge is 0.465 e. The number of rotatable bonds is 7. The van der Waals surface area contributed by atoms with Crippen molar-refractivity contribution in [2.45, 2.75) is 38.9 Å². The minimum absolute atomic E-state index is 0.110. The molecule has 1 amide bonds. The SMILES string of the molecule is CCOC(=O)CS[C@H](C)C(=O)Nc1ccc(C(C)C)cc1. The number of hydrogen-bond donors (Lipinski definition) is 1. The lowest BCUT2D eigenvalue weighted by Crippen LogP contribution is -2.24. The summed E-state index contributed by atoms with van der Waals surface area (Å²) >= 11 is 1.27. The first kappa shape index (κ1) is 17.6.